The lowest BCUT2D eigenvalue weighted by Gasteiger charge is -2.17. The van der Waals surface area contributed by atoms with Gasteiger partial charge in [-0.05, 0) is 36.4 Å². The Morgan fingerprint density at radius 3 is 2.54 bits per heavy atom. The van der Waals surface area contributed by atoms with Crippen LogP contribution in [0.4, 0.5) is 13.2 Å². The number of nitrogens with zero attached hydrogens (tertiary/aromatic N) is 7. The Kier molecular flexibility index (Phi) is 8.02. The number of para-hydroxylation sites is 1. The molecule has 2 aromatic heterocycles. The Morgan fingerprint density at radius 2 is 1.87 bits per heavy atom. The van der Waals surface area contributed by atoms with E-state index in [0.717, 1.165) is 9.25 Å². The third-order valence-corrected chi connectivity index (χ3v) is 5.97. The number of carbonyl (C=O) groups excluding carboxylic acids is 1. The molecule has 1 N–H and O–H groups in total. The summed E-state index contributed by atoms with van der Waals surface area (Å²) in [7, 11) is 1.63. The largest absolute Gasteiger partial charge is 0.416 e. The first-order valence-corrected chi connectivity index (χ1v) is 11.9. The van der Waals surface area contributed by atoms with E-state index in [9.17, 15) is 27.9 Å². The van der Waals surface area contributed by atoms with Gasteiger partial charge in [0.15, 0.2) is 17.8 Å². The highest BCUT2D eigenvalue weighted by Gasteiger charge is 2.39. The van der Waals surface area contributed by atoms with Crippen molar-refractivity contribution >= 4 is 17.5 Å². The standard InChI is InChI=1S/C25H23ClF3N7O3/c1-3-12-33(2)23(38)18-6-4-5-7-19(18)36-15-30-21(31-36)14-35-24(39)34(13-20(37)25(27,28)29)22(32-35)16-8-10-17(26)11-9-16/h3-11,15,20,37H,1,12-14H2,2H3/t20-/m0/s1. The van der Waals surface area contributed by atoms with Crippen molar-refractivity contribution in [2.75, 3.05) is 13.6 Å². The maximum absolute atomic E-state index is 13.1. The van der Waals surface area contributed by atoms with Crippen LogP contribution in [0.1, 0.15) is 16.2 Å². The quantitative estimate of drug-likeness (QED) is 0.314. The van der Waals surface area contributed by atoms with Crippen molar-refractivity contribution in [3.05, 3.63) is 94.4 Å². The number of alkyl halides is 3. The molecule has 0 spiro atoms. The molecule has 0 unspecified atom stereocenters. The average Bonchev–Trinajstić information content (AvgIpc) is 3.49. The number of halogens is 4. The zero-order valence-corrected chi connectivity index (χ0v) is 21.3. The number of aliphatic hydroxyl groups excluding tert-OH is 1. The Hall–Kier alpha value is -4.23. The number of rotatable bonds is 9. The van der Waals surface area contributed by atoms with Gasteiger partial charge in [0.25, 0.3) is 5.91 Å². The van der Waals surface area contributed by atoms with Gasteiger partial charge in [0.05, 0.1) is 17.8 Å². The van der Waals surface area contributed by atoms with Crippen molar-refractivity contribution in [3.8, 4) is 17.1 Å². The van der Waals surface area contributed by atoms with Crippen molar-refractivity contribution in [2.24, 2.45) is 0 Å². The van der Waals surface area contributed by atoms with Crippen LogP contribution in [0, 0.1) is 0 Å². The smallest absolute Gasteiger partial charge is 0.382 e. The SMILES string of the molecule is C=CCN(C)C(=O)c1ccccc1-n1cnc(Cn2nc(-c3ccc(Cl)cc3)n(C[C@H](O)C(F)(F)F)c2=O)n1. The van der Waals surface area contributed by atoms with E-state index in [1.807, 2.05) is 0 Å². The lowest BCUT2D eigenvalue weighted by molar-refractivity contribution is -0.207. The summed E-state index contributed by atoms with van der Waals surface area (Å²) in [4.78, 5) is 31.6. The number of hydrogen-bond acceptors (Lipinski definition) is 6. The van der Waals surface area contributed by atoms with Gasteiger partial charge in [0.2, 0.25) is 0 Å². The molecule has 1 atom stereocenters. The number of hydrogen-bond donors (Lipinski definition) is 1. The minimum Gasteiger partial charge on any atom is -0.382 e. The highest BCUT2D eigenvalue weighted by Crippen LogP contribution is 2.24. The van der Waals surface area contributed by atoms with Crippen LogP contribution in [0.3, 0.4) is 0 Å². The Balaban J connectivity index is 1.68. The fourth-order valence-electron chi connectivity index (χ4n) is 3.75. The summed E-state index contributed by atoms with van der Waals surface area (Å²) in [5.74, 6) is -0.253. The van der Waals surface area contributed by atoms with E-state index < -0.39 is 24.5 Å². The lowest BCUT2D eigenvalue weighted by Crippen LogP contribution is -2.37. The first-order valence-electron chi connectivity index (χ1n) is 11.5. The highest BCUT2D eigenvalue weighted by molar-refractivity contribution is 6.30. The van der Waals surface area contributed by atoms with Crippen molar-refractivity contribution in [1.82, 2.24) is 34.0 Å². The van der Waals surface area contributed by atoms with Crippen LogP contribution >= 0.6 is 11.6 Å². The van der Waals surface area contributed by atoms with Crippen molar-refractivity contribution in [3.63, 3.8) is 0 Å². The van der Waals surface area contributed by atoms with Crippen molar-refractivity contribution in [2.45, 2.75) is 25.4 Å². The Morgan fingerprint density at radius 1 is 1.18 bits per heavy atom. The zero-order valence-electron chi connectivity index (χ0n) is 20.6. The van der Waals surface area contributed by atoms with Crippen LogP contribution in [-0.2, 0) is 13.1 Å². The summed E-state index contributed by atoms with van der Waals surface area (Å²) in [6, 6.07) is 12.7. The minimum atomic E-state index is -4.94. The van der Waals surface area contributed by atoms with Crippen LogP contribution in [0.2, 0.25) is 5.02 Å². The molecule has 14 heteroatoms. The van der Waals surface area contributed by atoms with Crippen molar-refractivity contribution in [1.29, 1.82) is 0 Å². The van der Waals surface area contributed by atoms with Gasteiger partial charge in [0, 0.05) is 24.2 Å². The summed E-state index contributed by atoms with van der Waals surface area (Å²) in [6.45, 7) is 2.62. The van der Waals surface area contributed by atoms with E-state index in [-0.39, 0.29) is 24.1 Å². The zero-order chi connectivity index (χ0) is 28.3. The molecule has 0 aliphatic carbocycles. The molecule has 0 aliphatic rings. The third kappa shape index (κ3) is 6.10. The van der Waals surface area contributed by atoms with Crippen LogP contribution < -0.4 is 5.69 Å². The topological polar surface area (TPSA) is 111 Å². The number of benzene rings is 2. The summed E-state index contributed by atoms with van der Waals surface area (Å²) < 4.78 is 42.3. The molecule has 1 amide bonds. The van der Waals surface area contributed by atoms with Gasteiger partial charge in [-0.15, -0.1) is 16.8 Å². The molecule has 204 valence electrons. The van der Waals surface area contributed by atoms with E-state index in [2.05, 4.69) is 21.8 Å². The van der Waals surface area contributed by atoms with E-state index in [0.29, 0.717) is 28.4 Å². The van der Waals surface area contributed by atoms with Gasteiger partial charge in [-0.2, -0.15) is 13.2 Å². The number of carbonyl (C=O) groups is 1. The summed E-state index contributed by atoms with van der Waals surface area (Å²) in [5, 5.41) is 18.6. The van der Waals surface area contributed by atoms with E-state index in [1.54, 1.807) is 37.4 Å². The summed E-state index contributed by atoms with van der Waals surface area (Å²) >= 11 is 5.91. The molecule has 0 saturated heterocycles. The molecule has 0 saturated carbocycles. The Labute approximate surface area is 225 Å². The molecule has 0 radical (unpaired) electrons. The molecule has 0 fully saturated rings. The first kappa shape index (κ1) is 27.8. The molecular formula is C25H23ClF3N7O3. The molecule has 4 rings (SSSR count). The first-order chi connectivity index (χ1) is 18.5. The summed E-state index contributed by atoms with van der Waals surface area (Å²) in [6.07, 6.45) is -4.78. The number of amides is 1. The molecule has 39 heavy (non-hydrogen) atoms. The third-order valence-electron chi connectivity index (χ3n) is 5.72. The highest BCUT2D eigenvalue weighted by atomic mass is 35.5. The van der Waals surface area contributed by atoms with Crippen LogP contribution in [-0.4, -0.2) is 70.9 Å². The predicted octanol–water partition coefficient (Wildman–Crippen LogP) is 3.18. The van der Waals surface area contributed by atoms with Crippen LogP contribution in [0.15, 0.2) is 72.3 Å². The molecule has 0 bridgehead atoms. The van der Waals surface area contributed by atoms with Gasteiger partial charge in [-0.3, -0.25) is 9.36 Å². The van der Waals surface area contributed by atoms with Gasteiger partial charge in [-0.1, -0.05) is 29.8 Å². The van der Waals surface area contributed by atoms with Gasteiger partial charge in [-0.25, -0.2) is 19.1 Å². The van der Waals surface area contributed by atoms with Crippen LogP contribution in [0.25, 0.3) is 17.1 Å². The van der Waals surface area contributed by atoms with Gasteiger partial charge in [0.1, 0.15) is 12.9 Å². The predicted molar refractivity (Wildman–Crippen MR) is 137 cm³/mol. The van der Waals surface area contributed by atoms with Crippen LogP contribution in [0.5, 0.6) is 0 Å². The second-order valence-corrected chi connectivity index (χ2v) is 8.97. The monoisotopic (exact) mass is 561 g/mol. The van der Waals surface area contributed by atoms with E-state index in [4.69, 9.17) is 11.6 Å². The fourth-order valence-corrected chi connectivity index (χ4v) is 3.88. The van der Waals surface area contributed by atoms with Crippen molar-refractivity contribution < 1.29 is 23.1 Å². The number of aromatic nitrogens is 6. The molecule has 0 aliphatic heterocycles. The second kappa shape index (κ2) is 11.3. The number of aliphatic hydroxyl groups is 1. The minimum absolute atomic E-state index is 0.0967. The average molecular weight is 562 g/mol. The van der Waals surface area contributed by atoms with Gasteiger partial charge < -0.3 is 10.0 Å². The van der Waals surface area contributed by atoms with E-state index >= 15 is 0 Å². The maximum Gasteiger partial charge on any atom is 0.416 e. The lowest BCUT2D eigenvalue weighted by atomic mass is 10.1. The summed E-state index contributed by atoms with van der Waals surface area (Å²) in [5.41, 5.74) is 0.205. The fraction of sp³-hybridized carbons (Fsp3) is 0.240. The normalized spacial score (nSPS) is 12.4. The maximum atomic E-state index is 13.1. The molecule has 2 heterocycles. The molecule has 10 nitrogen and oxygen atoms in total. The molecular weight excluding hydrogens is 539 g/mol. The van der Waals surface area contributed by atoms with E-state index in [1.165, 1.54) is 40.2 Å². The molecule has 2 aromatic carbocycles. The number of likely N-dealkylation sites (N-methyl/N-ethyl adjacent to an activating group) is 1. The van der Waals surface area contributed by atoms with Gasteiger partial charge >= 0.3 is 11.9 Å². The molecule has 4 aromatic rings. The Bertz CT molecular complexity index is 1540. The second-order valence-electron chi connectivity index (χ2n) is 8.54.